The van der Waals surface area contributed by atoms with Crippen molar-refractivity contribution in [1.29, 1.82) is 5.26 Å². The number of likely N-dealkylation sites (N-methyl/N-ethyl adjacent to an activating group) is 1. The first kappa shape index (κ1) is 19.9. The molecule has 0 radical (unpaired) electrons. The zero-order valence-corrected chi connectivity index (χ0v) is 17.3. The Morgan fingerprint density at radius 2 is 1.90 bits per heavy atom. The monoisotopic (exact) mass is 408 g/mol. The molecular weight excluding hydrogens is 384 g/mol. The number of nitrogens with zero attached hydrogens (tertiary/aromatic N) is 3. The second-order valence-corrected chi connectivity index (χ2v) is 8.54. The lowest BCUT2D eigenvalue weighted by Gasteiger charge is -2.23. The average molecular weight is 409 g/mol. The summed E-state index contributed by atoms with van der Waals surface area (Å²) in [5.41, 5.74) is 3.73. The zero-order valence-electron chi connectivity index (χ0n) is 16.5. The van der Waals surface area contributed by atoms with Gasteiger partial charge in [0.05, 0.1) is 23.2 Å². The smallest absolute Gasteiger partial charge is 0.242 e. The summed E-state index contributed by atoms with van der Waals surface area (Å²) in [6.45, 7) is 0.822. The lowest BCUT2D eigenvalue weighted by atomic mass is 9.95. The first-order chi connectivity index (χ1) is 13.6. The van der Waals surface area contributed by atoms with E-state index in [0.29, 0.717) is 0 Å². The van der Waals surface area contributed by atoms with Gasteiger partial charge in [0.25, 0.3) is 0 Å². The molecule has 3 fully saturated rings. The van der Waals surface area contributed by atoms with Crippen LogP contribution in [0.2, 0.25) is 0 Å². The highest BCUT2D eigenvalue weighted by molar-refractivity contribution is 5.88. The summed E-state index contributed by atoms with van der Waals surface area (Å²) in [5.74, 6) is 0.216. The van der Waals surface area contributed by atoms with Crippen molar-refractivity contribution in [2.75, 3.05) is 13.6 Å². The van der Waals surface area contributed by atoms with E-state index in [1.54, 1.807) is 0 Å². The molecule has 1 spiro atoms. The zero-order chi connectivity index (χ0) is 19.4. The molecule has 5 rings (SSSR count). The highest BCUT2D eigenvalue weighted by atomic mass is 35.5. The van der Waals surface area contributed by atoms with E-state index in [9.17, 15) is 10.1 Å². The quantitative estimate of drug-likeness (QED) is 0.839. The number of likely N-dealkylation sites (tertiary alicyclic amines) is 1. The van der Waals surface area contributed by atoms with Crippen LogP contribution in [0.3, 0.4) is 0 Å². The lowest BCUT2D eigenvalue weighted by Crippen LogP contribution is -2.47. The highest BCUT2D eigenvalue weighted by Gasteiger charge is 2.50. The highest BCUT2D eigenvalue weighted by Crippen LogP contribution is 2.47. The molecule has 1 aliphatic carbocycles. The summed E-state index contributed by atoms with van der Waals surface area (Å²) in [4.78, 5) is 19.0. The van der Waals surface area contributed by atoms with Crippen LogP contribution < -0.4 is 5.32 Å². The molecule has 3 aliphatic rings. The Kier molecular flexibility index (Phi) is 4.88. The van der Waals surface area contributed by atoms with E-state index in [0.717, 1.165) is 61.0 Å². The molecule has 2 atom stereocenters. The Labute approximate surface area is 177 Å². The van der Waals surface area contributed by atoms with Gasteiger partial charge >= 0.3 is 0 Å². The molecule has 6 heteroatoms. The van der Waals surface area contributed by atoms with Crippen molar-refractivity contribution in [2.24, 2.45) is 0 Å². The number of carbonyl (C=O) groups is 1. The van der Waals surface area contributed by atoms with E-state index < -0.39 is 5.54 Å². The third kappa shape index (κ3) is 3.21. The molecule has 3 heterocycles. The second kappa shape index (κ2) is 7.12. The van der Waals surface area contributed by atoms with Crippen molar-refractivity contribution in [3.63, 3.8) is 0 Å². The summed E-state index contributed by atoms with van der Waals surface area (Å²) >= 11 is 0. The van der Waals surface area contributed by atoms with Gasteiger partial charge in [0.15, 0.2) is 0 Å². The van der Waals surface area contributed by atoms with Crippen molar-refractivity contribution in [3.05, 3.63) is 53.9 Å². The van der Waals surface area contributed by atoms with Gasteiger partial charge in [-0.05, 0) is 60.9 Å². The number of rotatable bonds is 3. The Balaban J connectivity index is 0.00000205. The second-order valence-electron chi connectivity index (χ2n) is 8.54. The van der Waals surface area contributed by atoms with Gasteiger partial charge in [0.2, 0.25) is 5.91 Å². The summed E-state index contributed by atoms with van der Waals surface area (Å²) in [5, 5.41) is 13.0. The van der Waals surface area contributed by atoms with Crippen molar-refractivity contribution in [3.8, 4) is 17.2 Å². The van der Waals surface area contributed by atoms with Gasteiger partial charge in [-0.25, -0.2) is 0 Å². The van der Waals surface area contributed by atoms with Crippen LogP contribution in [-0.4, -0.2) is 34.9 Å². The molecule has 1 aromatic carbocycles. The van der Waals surface area contributed by atoms with E-state index in [1.807, 2.05) is 24.2 Å². The number of amides is 1. The van der Waals surface area contributed by atoms with Gasteiger partial charge in [0.1, 0.15) is 5.54 Å². The molecule has 1 aromatic heterocycles. The summed E-state index contributed by atoms with van der Waals surface area (Å²) in [6, 6.07) is 15.1. The van der Waals surface area contributed by atoms with Crippen LogP contribution in [0.4, 0.5) is 0 Å². The van der Waals surface area contributed by atoms with Gasteiger partial charge in [-0.2, -0.15) is 5.26 Å². The first-order valence-electron chi connectivity index (χ1n) is 10.1. The Hall–Kier alpha value is -2.42. The van der Waals surface area contributed by atoms with Crippen LogP contribution in [-0.2, 0) is 10.2 Å². The van der Waals surface area contributed by atoms with Crippen LogP contribution in [0.1, 0.15) is 49.4 Å². The topological polar surface area (TPSA) is 69.0 Å². The van der Waals surface area contributed by atoms with Crippen molar-refractivity contribution < 1.29 is 4.79 Å². The maximum atomic E-state index is 12.6. The normalized spacial score (nSPS) is 27.0. The number of benzene rings is 1. The van der Waals surface area contributed by atoms with Crippen LogP contribution in [0.15, 0.2) is 42.6 Å². The number of pyridine rings is 1. The number of hydrogen-bond donors (Lipinski definition) is 1. The minimum atomic E-state index is -0.394. The molecule has 2 aliphatic heterocycles. The van der Waals surface area contributed by atoms with E-state index in [-0.39, 0.29) is 29.8 Å². The number of nitrogens with one attached hydrogen (secondary N) is 1. The number of aromatic nitrogens is 1. The molecule has 29 heavy (non-hydrogen) atoms. The Bertz CT molecular complexity index is 979. The predicted molar refractivity (Wildman–Crippen MR) is 114 cm³/mol. The SMILES string of the molecule is CN1CC[C@@]2(CC[C@H](c3cc(-c4ccc(C5(C#N)CC5)cc4)ccn3)N2)C1=O.Cl. The number of halogens is 1. The molecule has 2 saturated heterocycles. The average Bonchev–Trinajstić information content (AvgIpc) is 3.35. The molecule has 0 bridgehead atoms. The predicted octanol–water partition coefficient (Wildman–Crippen LogP) is 3.75. The Morgan fingerprint density at radius 3 is 2.52 bits per heavy atom. The van der Waals surface area contributed by atoms with Gasteiger partial charge in [0, 0.05) is 19.8 Å². The van der Waals surface area contributed by atoms with Crippen LogP contribution >= 0.6 is 12.4 Å². The first-order valence-corrected chi connectivity index (χ1v) is 10.1. The minimum Gasteiger partial charge on any atom is -0.344 e. The summed E-state index contributed by atoms with van der Waals surface area (Å²) < 4.78 is 0. The number of carbonyl (C=O) groups excluding carboxylic acids is 1. The summed E-state index contributed by atoms with van der Waals surface area (Å²) in [7, 11) is 1.88. The van der Waals surface area contributed by atoms with E-state index >= 15 is 0 Å². The largest absolute Gasteiger partial charge is 0.344 e. The fourth-order valence-corrected chi connectivity index (χ4v) is 4.78. The third-order valence-electron chi connectivity index (χ3n) is 6.81. The molecule has 5 nitrogen and oxygen atoms in total. The van der Waals surface area contributed by atoms with Crippen molar-refractivity contribution >= 4 is 18.3 Å². The molecule has 150 valence electrons. The van der Waals surface area contributed by atoms with E-state index in [2.05, 4.69) is 46.7 Å². The van der Waals surface area contributed by atoms with E-state index in [4.69, 9.17) is 0 Å². The van der Waals surface area contributed by atoms with Crippen LogP contribution in [0.25, 0.3) is 11.1 Å². The molecule has 1 saturated carbocycles. The summed E-state index contributed by atoms with van der Waals surface area (Å²) in [6.07, 6.45) is 6.46. The Morgan fingerprint density at radius 1 is 1.14 bits per heavy atom. The van der Waals surface area contributed by atoms with Gasteiger partial charge in [-0.3, -0.25) is 15.1 Å². The lowest BCUT2D eigenvalue weighted by molar-refractivity contribution is -0.131. The number of hydrogen-bond acceptors (Lipinski definition) is 4. The molecule has 2 aromatic rings. The van der Waals surface area contributed by atoms with Crippen LogP contribution in [0, 0.1) is 11.3 Å². The minimum absolute atomic E-state index is 0. The van der Waals surface area contributed by atoms with Crippen molar-refractivity contribution in [1.82, 2.24) is 15.2 Å². The molecule has 0 unspecified atom stereocenters. The molecular formula is C23H25ClN4O. The van der Waals surface area contributed by atoms with Gasteiger partial charge in [-0.1, -0.05) is 24.3 Å². The number of nitriles is 1. The van der Waals surface area contributed by atoms with E-state index in [1.165, 1.54) is 0 Å². The third-order valence-corrected chi connectivity index (χ3v) is 6.81. The maximum absolute atomic E-state index is 12.6. The van der Waals surface area contributed by atoms with Gasteiger partial charge < -0.3 is 4.90 Å². The standard InChI is InChI=1S/C23H24N4O.ClH/c1-27-13-11-23(21(27)28)8-6-19(26-23)20-14-17(7-12-25-20)16-2-4-18(5-3-16)22(15-24)9-10-22;/h2-5,7,12,14,19,26H,6,8-11,13H2,1H3;1H/t19-,23+;/m1./s1. The molecule has 1 N–H and O–H groups in total. The van der Waals surface area contributed by atoms with Crippen molar-refractivity contribution in [2.45, 2.75) is 49.1 Å². The maximum Gasteiger partial charge on any atom is 0.242 e. The fraction of sp³-hybridized carbons (Fsp3) is 0.435. The van der Waals surface area contributed by atoms with Crippen LogP contribution in [0.5, 0.6) is 0 Å². The molecule has 1 amide bonds. The fourth-order valence-electron chi connectivity index (χ4n) is 4.78. The van der Waals surface area contributed by atoms with Gasteiger partial charge in [-0.15, -0.1) is 12.4 Å².